The molecule has 0 saturated carbocycles. The smallest absolute Gasteiger partial charge is 0.252 e. The second kappa shape index (κ2) is 7.52. The molecule has 0 fully saturated rings. The minimum atomic E-state index is -0.134. The average molecular weight is 356 g/mol. The summed E-state index contributed by atoms with van der Waals surface area (Å²) in [4.78, 5) is 12.6. The predicted molar refractivity (Wildman–Crippen MR) is 99.5 cm³/mol. The molecule has 4 heteroatoms. The van der Waals surface area contributed by atoms with Crippen LogP contribution in [0.5, 0.6) is 0 Å². The minimum absolute atomic E-state index is 0.134. The normalized spacial score (nSPS) is 10.4. The van der Waals surface area contributed by atoms with Crippen molar-refractivity contribution in [2.45, 2.75) is 6.54 Å². The van der Waals surface area contributed by atoms with E-state index in [0.29, 0.717) is 22.2 Å². The largest absolute Gasteiger partial charge is 0.348 e. The third-order valence-electron chi connectivity index (χ3n) is 3.63. The van der Waals surface area contributed by atoms with Crippen LogP contribution in [0.3, 0.4) is 0 Å². The highest BCUT2D eigenvalue weighted by molar-refractivity contribution is 6.34. The summed E-state index contributed by atoms with van der Waals surface area (Å²) in [6.07, 6.45) is 0. The SMILES string of the molecule is O=C(NCc1cc(Cl)cc(Cl)c1)c1ccccc1-c1ccccc1. The van der Waals surface area contributed by atoms with Crippen LogP contribution in [0.1, 0.15) is 15.9 Å². The molecule has 0 saturated heterocycles. The number of benzene rings is 3. The molecule has 0 aliphatic heterocycles. The first-order chi connectivity index (χ1) is 11.6. The molecule has 24 heavy (non-hydrogen) atoms. The highest BCUT2D eigenvalue weighted by atomic mass is 35.5. The van der Waals surface area contributed by atoms with Gasteiger partial charge in [0.1, 0.15) is 0 Å². The van der Waals surface area contributed by atoms with E-state index in [1.165, 1.54) is 0 Å². The molecule has 0 spiro atoms. The van der Waals surface area contributed by atoms with Gasteiger partial charge in [0, 0.05) is 22.2 Å². The molecular formula is C20H15Cl2NO. The predicted octanol–water partition coefficient (Wildman–Crippen LogP) is 5.59. The zero-order chi connectivity index (χ0) is 16.9. The number of halogens is 2. The topological polar surface area (TPSA) is 29.1 Å². The monoisotopic (exact) mass is 355 g/mol. The summed E-state index contributed by atoms with van der Waals surface area (Å²) < 4.78 is 0. The fourth-order valence-corrected chi connectivity index (χ4v) is 3.11. The van der Waals surface area contributed by atoms with E-state index in [4.69, 9.17) is 23.2 Å². The van der Waals surface area contributed by atoms with E-state index in [1.807, 2.05) is 54.6 Å². The molecule has 3 rings (SSSR count). The second-order valence-electron chi connectivity index (χ2n) is 5.37. The number of hydrogen-bond donors (Lipinski definition) is 1. The van der Waals surface area contributed by atoms with Gasteiger partial charge < -0.3 is 5.32 Å². The Hall–Kier alpha value is -2.29. The van der Waals surface area contributed by atoms with Crippen molar-refractivity contribution in [3.63, 3.8) is 0 Å². The van der Waals surface area contributed by atoms with Crippen molar-refractivity contribution in [3.05, 3.63) is 94.0 Å². The molecular weight excluding hydrogens is 341 g/mol. The van der Waals surface area contributed by atoms with Crippen molar-refractivity contribution in [3.8, 4) is 11.1 Å². The highest BCUT2D eigenvalue weighted by Crippen LogP contribution is 2.24. The maximum absolute atomic E-state index is 12.6. The van der Waals surface area contributed by atoms with Gasteiger partial charge in [0.2, 0.25) is 0 Å². The lowest BCUT2D eigenvalue weighted by Gasteiger charge is -2.11. The molecule has 1 N–H and O–H groups in total. The fourth-order valence-electron chi connectivity index (χ4n) is 2.54. The average Bonchev–Trinajstić information content (AvgIpc) is 2.60. The van der Waals surface area contributed by atoms with Crippen molar-refractivity contribution >= 4 is 29.1 Å². The first-order valence-corrected chi connectivity index (χ1v) is 8.27. The Morgan fingerprint density at radius 1 is 0.833 bits per heavy atom. The first-order valence-electron chi connectivity index (χ1n) is 7.51. The van der Waals surface area contributed by atoms with E-state index < -0.39 is 0 Å². The zero-order valence-electron chi connectivity index (χ0n) is 12.8. The van der Waals surface area contributed by atoms with Gasteiger partial charge in [-0.1, -0.05) is 71.7 Å². The number of rotatable bonds is 4. The number of carbonyl (C=O) groups is 1. The highest BCUT2D eigenvalue weighted by Gasteiger charge is 2.12. The summed E-state index contributed by atoms with van der Waals surface area (Å²) in [5.74, 6) is -0.134. The summed E-state index contributed by atoms with van der Waals surface area (Å²) >= 11 is 12.0. The van der Waals surface area contributed by atoms with Crippen molar-refractivity contribution in [1.82, 2.24) is 5.32 Å². The van der Waals surface area contributed by atoms with Gasteiger partial charge in [0.25, 0.3) is 5.91 Å². The van der Waals surface area contributed by atoms with Gasteiger partial charge in [-0.15, -0.1) is 0 Å². The Balaban J connectivity index is 1.81. The van der Waals surface area contributed by atoms with Gasteiger partial charge in [-0.2, -0.15) is 0 Å². The first kappa shape index (κ1) is 16.6. The Bertz CT molecular complexity index is 842. The fraction of sp³-hybridized carbons (Fsp3) is 0.0500. The van der Waals surface area contributed by atoms with Crippen molar-refractivity contribution in [2.75, 3.05) is 0 Å². The quantitative estimate of drug-likeness (QED) is 0.649. The summed E-state index contributed by atoms with van der Waals surface area (Å²) in [6.45, 7) is 0.363. The van der Waals surface area contributed by atoms with E-state index in [9.17, 15) is 4.79 Å². The minimum Gasteiger partial charge on any atom is -0.348 e. The van der Waals surface area contributed by atoms with Gasteiger partial charge in [0.15, 0.2) is 0 Å². The number of carbonyl (C=O) groups excluding carboxylic acids is 1. The molecule has 0 unspecified atom stereocenters. The third kappa shape index (κ3) is 3.97. The Kier molecular flexibility index (Phi) is 5.19. The number of amides is 1. The second-order valence-corrected chi connectivity index (χ2v) is 6.24. The van der Waals surface area contributed by atoms with Crippen LogP contribution in [0.4, 0.5) is 0 Å². The number of hydrogen-bond acceptors (Lipinski definition) is 1. The summed E-state index contributed by atoms with van der Waals surface area (Å²) in [7, 11) is 0. The van der Waals surface area contributed by atoms with Crippen molar-refractivity contribution in [2.24, 2.45) is 0 Å². The third-order valence-corrected chi connectivity index (χ3v) is 4.07. The van der Waals surface area contributed by atoms with Gasteiger partial charge in [-0.25, -0.2) is 0 Å². The molecule has 120 valence electrons. The Morgan fingerprint density at radius 3 is 2.17 bits per heavy atom. The van der Waals surface area contributed by atoms with E-state index >= 15 is 0 Å². The standard InChI is InChI=1S/C20H15Cl2NO/c21-16-10-14(11-17(22)12-16)13-23-20(24)19-9-5-4-8-18(19)15-6-2-1-3-7-15/h1-12H,13H2,(H,23,24). The van der Waals surface area contributed by atoms with E-state index in [1.54, 1.807) is 18.2 Å². The van der Waals surface area contributed by atoms with Crippen LogP contribution in [0.25, 0.3) is 11.1 Å². The summed E-state index contributed by atoms with van der Waals surface area (Å²) in [5.41, 5.74) is 3.41. The maximum atomic E-state index is 12.6. The lowest BCUT2D eigenvalue weighted by atomic mass is 9.99. The zero-order valence-corrected chi connectivity index (χ0v) is 14.3. The van der Waals surface area contributed by atoms with Gasteiger partial charge in [0.05, 0.1) is 0 Å². The van der Waals surface area contributed by atoms with Crippen LogP contribution < -0.4 is 5.32 Å². The molecule has 0 radical (unpaired) electrons. The number of nitrogens with one attached hydrogen (secondary N) is 1. The van der Waals surface area contributed by atoms with Crippen molar-refractivity contribution in [1.29, 1.82) is 0 Å². The van der Waals surface area contributed by atoms with E-state index in [0.717, 1.165) is 16.7 Å². The van der Waals surface area contributed by atoms with Gasteiger partial charge in [-0.05, 0) is 41.0 Å². The molecule has 0 atom stereocenters. The van der Waals surface area contributed by atoms with Gasteiger partial charge in [-0.3, -0.25) is 4.79 Å². The van der Waals surface area contributed by atoms with Crippen LogP contribution in [-0.4, -0.2) is 5.91 Å². The van der Waals surface area contributed by atoms with Crippen LogP contribution in [0.2, 0.25) is 10.0 Å². The Morgan fingerprint density at radius 2 is 1.46 bits per heavy atom. The van der Waals surface area contributed by atoms with Gasteiger partial charge >= 0.3 is 0 Å². The lowest BCUT2D eigenvalue weighted by molar-refractivity contribution is 0.0951. The van der Waals surface area contributed by atoms with Crippen LogP contribution in [0.15, 0.2) is 72.8 Å². The Labute approximate surface area is 151 Å². The molecule has 0 aromatic heterocycles. The van der Waals surface area contributed by atoms with Crippen molar-refractivity contribution < 1.29 is 4.79 Å². The molecule has 0 aliphatic carbocycles. The van der Waals surface area contributed by atoms with Crippen LogP contribution >= 0.6 is 23.2 Å². The maximum Gasteiger partial charge on any atom is 0.252 e. The van der Waals surface area contributed by atoms with E-state index in [2.05, 4.69) is 5.32 Å². The molecule has 0 aliphatic rings. The molecule has 0 bridgehead atoms. The van der Waals surface area contributed by atoms with E-state index in [-0.39, 0.29) is 5.91 Å². The van der Waals surface area contributed by atoms with Crippen LogP contribution in [0, 0.1) is 0 Å². The molecule has 2 nitrogen and oxygen atoms in total. The lowest BCUT2D eigenvalue weighted by Crippen LogP contribution is -2.23. The molecule has 0 heterocycles. The molecule has 3 aromatic rings. The van der Waals surface area contributed by atoms with Crippen LogP contribution in [-0.2, 0) is 6.54 Å². The molecule has 3 aromatic carbocycles. The summed E-state index contributed by atoms with van der Waals surface area (Å²) in [6, 6.07) is 22.6. The summed E-state index contributed by atoms with van der Waals surface area (Å²) in [5, 5.41) is 4.03. The molecule has 1 amide bonds.